The quantitative estimate of drug-likeness (QED) is 0.0624. The molecule has 2 saturated heterocycles. The monoisotopic (exact) mass is 1010 g/mol. The van der Waals surface area contributed by atoms with E-state index in [1.165, 1.54) is 41.1 Å². The zero-order valence-corrected chi connectivity index (χ0v) is 42.3. The second kappa shape index (κ2) is 21.2. The zero-order valence-electron chi connectivity index (χ0n) is 39.9. The summed E-state index contributed by atoms with van der Waals surface area (Å²) in [6.07, 6.45) is 7.19. The molecule has 3 N–H and O–H groups in total. The number of aromatic amines is 1. The van der Waals surface area contributed by atoms with Gasteiger partial charge in [0.25, 0.3) is 27.5 Å². The van der Waals surface area contributed by atoms with E-state index in [2.05, 4.69) is 65.0 Å². The number of nitrogens with zero attached hydrogens (tertiary/aromatic N) is 6. The lowest BCUT2D eigenvalue weighted by molar-refractivity contribution is -0.384. The molecule has 2 aliphatic heterocycles. The Kier molecular flexibility index (Phi) is 15.3. The van der Waals surface area contributed by atoms with Gasteiger partial charge < -0.3 is 24.8 Å². The molecule has 3 aromatic carbocycles. The summed E-state index contributed by atoms with van der Waals surface area (Å²) in [5.41, 5.74) is 5.28. The Hall–Kier alpha value is -5.86. The van der Waals surface area contributed by atoms with E-state index in [0.29, 0.717) is 62.0 Å². The molecule has 3 aliphatic rings. The fourth-order valence-corrected chi connectivity index (χ4v) is 12.3. The second-order valence-corrected chi connectivity index (χ2v) is 23.8. The molecule has 0 bridgehead atoms. The number of carbonyl (C=O) groups excluding carboxylic acids is 2. The minimum absolute atomic E-state index is 0.0662. The van der Waals surface area contributed by atoms with Gasteiger partial charge in [0.2, 0.25) is 0 Å². The standard InChI is InChI=1S/C50H60ClN9O8S2/c1-5-47(61)55-69(65)26-24-57(25-27-69)19-16-34(2)54-44-13-11-41(30-45(44)60(63)64)70(66,67)56-49(62)42-12-10-39(29-46(42)68-40-28-36-15-18-52-48(36)53-32-40)59-22-20-58(21-23-59)33-37-14-17-50(3,4)31-43(37)35-6-8-38(51)9-7-35/h6-13,15,18,28-30,32,34,54H,5,14,16-17,19-27,31,33H2,1-4H3,(H,52,53)(H,56,62)/t34-/m0/s1. The smallest absolute Gasteiger partial charge is 0.293 e. The third kappa shape index (κ3) is 12.4. The molecule has 20 heteroatoms. The lowest BCUT2D eigenvalue weighted by atomic mass is 9.72. The van der Waals surface area contributed by atoms with E-state index in [0.717, 1.165) is 61.1 Å². The van der Waals surface area contributed by atoms with Crippen LogP contribution in [0, 0.1) is 15.5 Å². The maximum Gasteiger partial charge on any atom is 0.293 e. The summed E-state index contributed by atoms with van der Waals surface area (Å²) in [5.74, 6) is -0.321. The van der Waals surface area contributed by atoms with Crippen LogP contribution in [0.2, 0.25) is 5.02 Å². The lowest BCUT2D eigenvalue weighted by Crippen LogP contribution is -2.47. The first-order valence-electron chi connectivity index (χ1n) is 23.6. The number of piperazine rings is 1. The van der Waals surface area contributed by atoms with Gasteiger partial charge in [-0.15, -0.1) is 0 Å². The van der Waals surface area contributed by atoms with E-state index >= 15 is 0 Å². The van der Waals surface area contributed by atoms with Gasteiger partial charge in [0.15, 0.2) is 0 Å². The number of pyridine rings is 1. The number of allylic oxidation sites excluding steroid dienone is 1. The molecule has 8 rings (SSSR count). The molecule has 0 saturated carbocycles. The highest BCUT2D eigenvalue weighted by Crippen LogP contribution is 2.43. The molecular formula is C50H60ClN9O8S2. The number of H-pyrrole nitrogens is 1. The number of halogens is 1. The van der Waals surface area contributed by atoms with Crippen LogP contribution in [0.3, 0.4) is 0 Å². The average Bonchev–Trinajstić information content (AvgIpc) is 3.80. The molecule has 372 valence electrons. The van der Waals surface area contributed by atoms with Crippen molar-refractivity contribution in [1.82, 2.24) is 24.5 Å². The Bertz CT molecular complexity index is 3040. The van der Waals surface area contributed by atoms with Gasteiger partial charge in [-0.2, -0.15) is 4.36 Å². The predicted molar refractivity (Wildman–Crippen MR) is 275 cm³/mol. The molecule has 5 aromatic rings. The minimum Gasteiger partial charge on any atom is -0.455 e. The van der Waals surface area contributed by atoms with Crippen molar-refractivity contribution in [2.24, 2.45) is 9.78 Å². The molecule has 0 radical (unpaired) electrons. The van der Waals surface area contributed by atoms with Crippen molar-refractivity contribution < 1.29 is 31.9 Å². The number of hydrogen-bond acceptors (Lipinski definition) is 13. The van der Waals surface area contributed by atoms with E-state index in [4.69, 9.17) is 16.3 Å². The van der Waals surface area contributed by atoms with Crippen LogP contribution in [0.1, 0.15) is 75.7 Å². The third-order valence-electron chi connectivity index (χ3n) is 13.3. The van der Waals surface area contributed by atoms with Crippen LogP contribution in [0.15, 0.2) is 100 Å². The van der Waals surface area contributed by atoms with Crippen LogP contribution in [0.4, 0.5) is 17.1 Å². The molecule has 0 unspecified atom stereocenters. The first-order valence-corrected chi connectivity index (χ1v) is 27.4. The first kappa shape index (κ1) is 50.5. The van der Waals surface area contributed by atoms with Gasteiger partial charge in [0, 0.05) is 111 Å². The van der Waals surface area contributed by atoms with Crippen molar-refractivity contribution >= 4 is 76.8 Å². The molecule has 2 fully saturated rings. The number of rotatable bonds is 16. The van der Waals surface area contributed by atoms with Gasteiger partial charge in [-0.05, 0) is 97.7 Å². The van der Waals surface area contributed by atoms with Crippen molar-refractivity contribution in [2.45, 2.75) is 70.7 Å². The summed E-state index contributed by atoms with van der Waals surface area (Å²) in [5, 5.41) is 16.9. The fourth-order valence-electron chi connectivity index (χ4n) is 9.20. The number of hydrogen-bond donors (Lipinski definition) is 3. The van der Waals surface area contributed by atoms with Crippen molar-refractivity contribution in [3.63, 3.8) is 0 Å². The minimum atomic E-state index is -4.63. The average molecular weight is 1010 g/mol. The number of ether oxygens (including phenoxy) is 1. The first-order chi connectivity index (χ1) is 33.4. The maximum absolute atomic E-state index is 14.0. The Labute approximate surface area is 414 Å². The van der Waals surface area contributed by atoms with Crippen LogP contribution < -0.4 is 19.7 Å². The van der Waals surface area contributed by atoms with E-state index in [1.807, 2.05) is 25.1 Å². The number of nitro groups is 1. The van der Waals surface area contributed by atoms with Crippen molar-refractivity contribution in [3.8, 4) is 11.5 Å². The Morgan fingerprint density at radius 2 is 1.74 bits per heavy atom. The molecule has 17 nitrogen and oxygen atoms in total. The molecule has 0 spiro atoms. The molecule has 1 atom stereocenters. The molecular weight excluding hydrogens is 954 g/mol. The number of carbonyl (C=O) groups is 2. The number of nitro benzene ring substituents is 1. The summed E-state index contributed by atoms with van der Waals surface area (Å²) in [4.78, 5) is 51.3. The summed E-state index contributed by atoms with van der Waals surface area (Å²) < 4.78 is 53.0. The predicted octanol–water partition coefficient (Wildman–Crippen LogP) is 8.73. The van der Waals surface area contributed by atoms with Gasteiger partial charge in [0.05, 0.1) is 31.3 Å². The van der Waals surface area contributed by atoms with E-state index < -0.39 is 41.2 Å². The molecule has 2 aromatic heterocycles. The van der Waals surface area contributed by atoms with Crippen molar-refractivity contribution in [3.05, 3.63) is 117 Å². The second-order valence-electron chi connectivity index (χ2n) is 19.1. The summed E-state index contributed by atoms with van der Waals surface area (Å²) in [7, 11) is -7.20. The largest absolute Gasteiger partial charge is 0.455 e. The Morgan fingerprint density at radius 1 is 1.00 bits per heavy atom. The van der Waals surface area contributed by atoms with Crippen LogP contribution in [-0.2, 0) is 24.5 Å². The van der Waals surface area contributed by atoms with Crippen molar-refractivity contribution in [2.75, 3.05) is 74.1 Å². The molecule has 1 aliphatic carbocycles. The number of amides is 2. The van der Waals surface area contributed by atoms with Gasteiger partial charge in [-0.25, -0.2) is 22.3 Å². The highest BCUT2D eigenvalue weighted by molar-refractivity contribution is 7.94. The molecule has 70 heavy (non-hydrogen) atoms. The van der Waals surface area contributed by atoms with Crippen LogP contribution >= 0.6 is 11.6 Å². The van der Waals surface area contributed by atoms with Gasteiger partial charge in [-0.1, -0.05) is 50.1 Å². The fraction of sp³-hybridized carbons (Fsp3) is 0.420. The number of anilines is 2. The Balaban J connectivity index is 0.954. The zero-order chi connectivity index (χ0) is 49.8. The van der Waals surface area contributed by atoms with Gasteiger partial charge in [0.1, 0.15) is 22.8 Å². The lowest BCUT2D eigenvalue weighted by Gasteiger charge is -2.39. The van der Waals surface area contributed by atoms with Crippen LogP contribution in [0.25, 0.3) is 16.6 Å². The summed E-state index contributed by atoms with van der Waals surface area (Å²) in [6.45, 7) is 13.7. The summed E-state index contributed by atoms with van der Waals surface area (Å²) in [6, 6.07) is 19.9. The van der Waals surface area contributed by atoms with Crippen molar-refractivity contribution in [1.29, 1.82) is 0 Å². The van der Waals surface area contributed by atoms with E-state index in [1.54, 1.807) is 31.3 Å². The topological polar surface area (TPSA) is 213 Å². The molecule has 2 amide bonds. The Morgan fingerprint density at radius 3 is 2.46 bits per heavy atom. The number of benzene rings is 3. The molecule has 4 heterocycles. The highest BCUT2D eigenvalue weighted by atomic mass is 35.5. The maximum atomic E-state index is 14.0. The van der Waals surface area contributed by atoms with Gasteiger partial charge >= 0.3 is 0 Å². The number of nitrogens with one attached hydrogen (secondary N) is 3. The normalized spacial score (nSPS) is 18.0. The number of sulfonamides is 1. The van der Waals surface area contributed by atoms with E-state index in [-0.39, 0.29) is 40.8 Å². The highest BCUT2D eigenvalue weighted by Gasteiger charge is 2.31. The SMILES string of the molecule is CCC(=O)N=S1(=O)CCN(CC[C@H](C)Nc2ccc(S(=O)(=O)NC(=O)c3ccc(N4CCN(CC5=C(c6ccc(Cl)cc6)CC(C)(C)CC5)CC4)cc3Oc3cnc4[nH]ccc4c3)cc2[N+](=O)[O-])CC1. The van der Waals surface area contributed by atoms with Gasteiger partial charge in [-0.3, -0.25) is 24.6 Å². The summed E-state index contributed by atoms with van der Waals surface area (Å²) >= 11 is 6.25. The number of fused-ring (bicyclic) bond motifs is 1. The third-order valence-corrected chi connectivity index (χ3v) is 17.1. The van der Waals surface area contributed by atoms with E-state index in [9.17, 15) is 32.3 Å². The van der Waals surface area contributed by atoms with Crippen LogP contribution in [-0.4, -0.2) is 119 Å². The number of aromatic nitrogens is 2. The van der Waals surface area contributed by atoms with Crippen LogP contribution in [0.5, 0.6) is 11.5 Å².